The van der Waals surface area contributed by atoms with E-state index in [2.05, 4.69) is 71.3 Å². The van der Waals surface area contributed by atoms with E-state index < -0.39 is 0 Å². The zero-order valence-corrected chi connectivity index (χ0v) is 13.8. The van der Waals surface area contributed by atoms with Gasteiger partial charge in [-0.05, 0) is 30.4 Å². The standard InChI is InChI=1S/C18H24N4/c1-12(2)16-10-17(21-18(19-4)20-16)22-11-15-8-6-5-7-14(15)9-13(22)3/h5-8,10,12-13H,9,11H2,1-4H3,(H,19,20,21)/t13-/m1/s1. The first-order valence-corrected chi connectivity index (χ1v) is 7.98. The summed E-state index contributed by atoms with van der Waals surface area (Å²) in [5.74, 6) is 2.11. The predicted molar refractivity (Wildman–Crippen MR) is 91.5 cm³/mol. The molecule has 0 bridgehead atoms. The SMILES string of the molecule is CNc1nc(C(C)C)cc(N2Cc3ccccc3C[C@H]2C)n1. The second-order valence-corrected chi connectivity index (χ2v) is 6.33. The fourth-order valence-electron chi connectivity index (χ4n) is 2.99. The number of nitrogens with zero attached hydrogens (tertiary/aromatic N) is 3. The molecule has 3 rings (SSSR count). The van der Waals surface area contributed by atoms with Crippen molar-refractivity contribution in [2.45, 2.75) is 45.7 Å². The van der Waals surface area contributed by atoms with Crippen LogP contribution >= 0.6 is 0 Å². The van der Waals surface area contributed by atoms with Gasteiger partial charge in [-0.15, -0.1) is 0 Å². The molecule has 0 fully saturated rings. The maximum absolute atomic E-state index is 4.69. The van der Waals surface area contributed by atoms with Crippen LogP contribution in [-0.4, -0.2) is 23.1 Å². The molecule has 0 amide bonds. The van der Waals surface area contributed by atoms with Gasteiger partial charge in [-0.25, -0.2) is 4.98 Å². The van der Waals surface area contributed by atoms with E-state index in [4.69, 9.17) is 0 Å². The van der Waals surface area contributed by atoms with Crippen molar-refractivity contribution in [2.75, 3.05) is 17.3 Å². The Morgan fingerprint density at radius 1 is 1.18 bits per heavy atom. The smallest absolute Gasteiger partial charge is 0.224 e. The highest BCUT2D eigenvalue weighted by atomic mass is 15.2. The minimum atomic E-state index is 0.390. The van der Waals surface area contributed by atoms with E-state index >= 15 is 0 Å². The Morgan fingerprint density at radius 3 is 2.59 bits per heavy atom. The molecule has 1 aliphatic rings. The Kier molecular flexibility index (Phi) is 4.01. The number of hydrogen-bond acceptors (Lipinski definition) is 4. The molecule has 4 heteroatoms. The van der Waals surface area contributed by atoms with Crippen molar-refractivity contribution in [3.05, 3.63) is 47.2 Å². The van der Waals surface area contributed by atoms with Crippen molar-refractivity contribution >= 4 is 11.8 Å². The average Bonchev–Trinajstić information content (AvgIpc) is 2.53. The highest BCUT2D eigenvalue weighted by Gasteiger charge is 2.24. The van der Waals surface area contributed by atoms with Gasteiger partial charge in [-0.2, -0.15) is 4.98 Å². The summed E-state index contributed by atoms with van der Waals surface area (Å²) in [5.41, 5.74) is 3.94. The van der Waals surface area contributed by atoms with Gasteiger partial charge in [0.05, 0.1) is 5.69 Å². The van der Waals surface area contributed by atoms with Crippen LogP contribution in [0.25, 0.3) is 0 Å². The molecule has 0 unspecified atom stereocenters. The molecule has 22 heavy (non-hydrogen) atoms. The van der Waals surface area contributed by atoms with E-state index in [9.17, 15) is 0 Å². The third-order valence-corrected chi connectivity index (χ3v) is 4.35. The van der Waals surface area contributed by atoms with Crippen LogP contribution in [0, 0.1) is 0 Å². The van der Waals surface area contributed by atoms with Crippen molar-refractivity contribution < 1.29 is 0 Å². The van der Waals surface area contributed by atoms with Gasteiger partial charge in [-0.1, -0.05) is 38.1 Å². The lowest BCUT2D eigenvalue weighted by Gasteiger charge is -2.36. The van der Waals surface area contributed by atoms with Crippen LogP contribution in [0.3, 0.4) is 0 Å². The summed E-state index contributed by atoms with van der Waals surface area (Å²) in [6, 6.07) is 11.3. The molecular weight excluding hydrogens is 272 g/mol. The minimum absolute atomic E-state index is 0.390. The lowest BCUT2D eigenvalue weighted by molar-refractivity contribution is 0.585. The van der Waals surface area contributed by atoms with Crippen LogP contribution in [0.15, 0.2) is 30.3 Å². The van der Waals surface area contributed by atoms with Gasteiger partial charge in [0, 0.05) is 25.7 Å². The first kappa shape index (κ1) is 14.8. The topological polar surface area (TPSA) is 41.1 Å². The number of rotatable bonds is 3. The Bertz CT molecular complexity index is 666. The summed E-state index contributed by atoms with van der Waals surface area (Å²) in [6.45, 7) is 7.52. The summed E-state index contributed by atoms with van der Waals surface area (Å²) in [4.78, 5) is 11.6. The maximum Gasteiger partial charge on any atom is 0.224 e. The quantitative estimate of drug-likeness (QED) is 0.939. The number of anilines is 2. The fourth-order valence-corrected chi connectivity index (χ4v) is 2.99. The zero-order chi connectivity index (χ0) is 15.7. The Morgan fingerprint density at radius 2 is 1.91 bits per heavy atom. The highest BCUT2D eigenvalue weighted by Crippen LogP contribution is 2.29. The van der Waals surface area contributed by atoms with Gasteiger partial charge < -0.3 is 10.2 Å². The van der Waals surface area contributed by atoms with Gasteiger partial charge in [0.1, 0.15) is 5.82 Å². The van der Waals surface area contributed by atoms with Crippen molar-refractivity contribution in [1.29, 1.82) is 0 Å². The Hall–Kier alpha value is -2.10. The van der Waals surface area contributed by atoms with Gasteiger partial charge in [0.2, 0.25) is 5.95 Å². The lowest BCUT2D eigenvalue weighted by atomic mass is 9.95. The predicted octanol–water partition coefficient (Wildman–Crippen LogP) is 3.59. The monoisotopic (exact) mass is 296 g/mol. The first-order valence-electron chi connectivity index (χ1n) is 7.98. The van der Waals surface area contributed by atoms with E-state index in [1.807, 2.05) is 7.05 Å². The molecule has 0 spiro atoms. The molecule has 1 N–H and O–H groups in total. The Labute approximate surface area is 132 Å². The van der Waals surface area contributed by atoms with Crippen LogP contribution in [-0.2, 0) is 13.0 Å². The summed E-state index contributed by atoms with van der Waals surface area (Å²) in [5, 5.41) is 3.09. The molecule has 4 nitrogen and oxygen atoms in total. The molecule has 1 aromatic heterocycles. The van der Waals surface area contributed by atoms with Gasteiger partial charge in [-0.3, -0.25) is 0 Å². The molecular formula is C18H24N4. The molecule has 1 aliphatic heterocycles. The summed E-state index contributed by atoms with van der Waals surface area (Å²) in [6.07, 6.45) is 1.06. The van der Waals surface area contributed by atoms with Gasteiger partial charge in [0.15, 0.2) is 0 Å². The van der Waals surface area contributed by atoms with Crippen LogP contribution in [0.2, 0.25) is 0 Å². The van der Waals surface area contributed by atoms with Crippen molar-refractivity contribution in [1.82, 2.24) is 9.97 Å². The number of hydrogen-bond donors (Lipinski definition) is 1. The summed E-state index contributed by atoms with van der Waals surface area (Å²) >= 11 is 0. The van der Waals surface area contributed by atoms with E-state index in [0.29, 0.717) is 17.9 Å². The van der Waals surface area contributed by atoms with E-state index in [-0.39, 0.29) is 0 Å². The normalized spacial score (nSPS) is 17.5. The third-order valence-electron chi connectivity index (χ3n) is 4.35. The minimum Gasteiger partial charge on any atom is -0.357 e. The number of nitrogens with one attached hydrogen (secondary N) is 1. The highest BCUT2D eigenvalue weighted by molar-refractivity contribution is 5.49. The molecule has 116 valence electrons. The third kappa shape index (κ3) is 2.78. The number of benzene rings is 1. The first-order chi connectivity index (χ1) is 10.6. The molecule has 2 aromatic rings. The average molecular weight is 296 g/mol. The van der Waals surface area contributed by atoms with Crippen molar-refractivity contribution in [3.63, 3.8) is 0 Å². The molecule has 0 saturated carbocycles. The molecule has 1 aromatic carbocycles. The van der Waals surface area contributed by atoms with Crippen LogP contribution in [0.5, 0.6) is 0 Å². The molecule has 0 aliphatic carbocycles. The maximum atomic E-state index is 4.69. The fraction of sp³-hybridized carbons (Fsp3) is 0.444. The van der Waals surface area contributed by atoms with E-state index in [1.54, 1.807) is 0 Å². The largest absolute Gasteiger partial charge is 0.357 e. The van der Waals surface area contributed by atoms with Crippen LogP contribution in [0.4, 0.5) is 11.8 Å². The van der Waals surface area contributed by atoms with Crippen molar-refractivity contribution in [2.24, 2.45) is 0 Å². The lowest BCUT2D eigenvalue weighted by Crippen LogP contribution is -2.39. The second-order valence-electron chi connectivity index (χ2n) is 6.33. The zero-order valence-electron chi connectivity index (χ0n) is 13.8. The van der Waals surface area contributed by atoms with Crippen LogP contribution in [0.1, 0.15) is 43.5 Å². The van der Waals surface area contributed by atoms with E-state index in [0.717, 1.165) is 24.5 Å². The van der Waals surface area contributed by atoms with Crippen molar-refractivity contribution in [3.8, 4) is 0 Å². The number of fused-ring (bicyclic) bond motifs is 1. The molecule has 2 heterocycles. The summed E-state index contributed by atoms with van der Waals surface area (Å²) < 4.78 is 0. The van der Waals surface area contributed by atoms with Crippen LogP contribution < -0.4 is 10.2 Å². The summed E-state index contributed by atoms with van der Waals surface area (Å²) in [7, 11) is 1.87. The van der Waals surface area contributed by atoms with E-state index in [1.165, 1.54) is 11.1 Å². The molecule has 1 atom stereocenters. The Balaban J connectivity index is 1.98. The number of aromatic nitrogens is 2. The van der Waals surface area contributed by atoms with Gasteiger partial charge in [0.25, 0.3) is 0 Å². The molecule has 0 saturated heterocycles. The second kappa shape index (κ2) is 5.95. The van der Waals surface area contributed by atoms with Gasteiger partial charge >= 0.3 is 0 Å². The molecule has 0 radical (unpaired) electrons.